The normalized spacial score (nSPS) is 18.7. The average Bonchev–Trinajstić information content (AvgIpc) is 2.53. The quantitative estimate of drug-likeness (QED) is 0.402. The van der Waals surface area contributed by atoms with Crippen LogP contribution in [0.25, 0.3) is 0 Å². The molecule has 5 nitrogen and oxygen atoms in total. The Labute approximate surface area is 137 Å². The number of nitrogens with zero attached hydrogens (tertiary/aromatic N) is 2. The molecule has 1 aromatic rings. The summed E-state index contributed by atoms with van der Waals surface area (Å²) in [6, 6.07) is 7.89. The van der Waals surface area contributed by atoms with Crippen molar-refractivity contribution in [1.29, 1.82) is 0 Å². The van der Waals surface area contributed by atoms with E-state index in [1.807, 2.05) is 31.2 Å². The van der Waals surface area contributed by atoms with Crippen LogP contribution < -0.4 is 5.84 Å². The van der Waals surface area contributed by atoms with Crippen molar-refractivity contribution >= 4 is 11.9 Å². The smallest absolute Gasteiger partial charge is 0.176 e. The summed E-state index contributed by atoms with van der Waals surface area (Å²) < 4.78 is 11.2. The second-order valence-corrected chi connectivity index (χ2v) is 6.29. The maximum atomic E-state index is 5.61. The molecule has 0 bridgehead atoms. The molecule has 1 saturated heterocycles. The van der Waals surface area contributed by atoms with Crippen molar-refractivity contribution in [3.05, 3.63) is 35.4 Å². The summed E-state index contributed by atoms with van der Waals surface area (Å²) in [5, 5.41) is 3.65. The lowest BCUT2D eigenvalue weighted by molar-refractivity contribution is -0.215. The van der Waals surface area contributed by atoms with Crippen molar-refractivity contribution in [2.75, 3.05) is 19.8 Å². The first-order chi connectivity index (χ1) is 11.0. The molecule has 2 rings (SSSR count). The summed E-state index contributed by atoms with van der Waals surface area (Å²) in [5.74, 6) is 11.3. The van der Waals surface area contributed by atoms with Crippen LogP contribution >= 0.6 is 0 Å². The Balaban J connectivity index is 1.90. The summed E-state index contributed by atoms with van der Waals surface area (Å²) in [7, 11) is 0. The molecule has 23 heavy (non-hydrogen) atoms. The minimum Gasteiger partial charge on any atom is -0.350 e. The molecule has 5 heteroatoms. The predicted octanol–water partition coefficient (Wildman–Crippen LogP) is 2.13. The summed E-state index contributed by atoms with van der Waals surface area (Å²) >= 11 is 0. The van der Waals surface area contributed by atoms with E-state index >= 15 is 0 Å². The molecule has 0 aromatic heterocycles. The molecule has 122 valence electrons. The van der Waals surface area contributed by atoms with Crippen LogP contribution in [0.5, 0.6) is 0 Å². The van der Waals surface area contributed by atoms with Crippen molar-refractivity contribution in [2.24, 2.45) is 21.4 Å². The van der Waals surface area contributed by atoms with E-state index in [0.717, 1.165) is 11.1 Å². The summed E-state index contributed by atoms with van der Waals surface area (Å²) in [5.41, 5.74) is 2.54. The topological polar surface area (TPSA) is 69.2 Å². The van der Waals surface area contributed by atoms with E-state index < -0.39 is 0 Å². The first-order valence-corrected chi connectivity index (χ1v) is 7.59. The third kappa shape index (κ3) is 5.51. The van der Waals surface area contributed by atoms with Gasteiger partial charge in [0.05, 0.1) is 26.0 Å². The van der Waals surface area contributed by atoms with E-state index in [4.69, 9.17) is 15.3 Å². The van der Waals surface area contributed by atoms with Crippen molar-refractivity contribution in [3.63, 3.8) is 0 Å². The Morgan fingerprint density at radius 3 is 2.70 bits per heavy atom. The van der Waals surface area contributed by atoms with Gasteiger partial charge in [-0.05, 0) is 24.5 Å². The Hall–Kier alpha value is -2.16. The van der Waals surface area contributed by atoms with Crippen molar-refractivity contribution in [2.45, 2.75) is 27.1 Å². The maximum Gasteiger partial charge on any atom is 0.176 e. The number of hydrogen-bond acceptors (Lipinski definition) is 5. The Morgan fingerprint density at radius 2 is 2.04 bits per heavy atom. The van der Waals surface area contributed by atoms with Crippen molar-refractivity contribution < 1.29 is 9.47 Å². The largest absolute Gasteiger partial charge is 0.350 e. The molecule has 1 heterocycles. The first kappa shape index (κ1) is 17.2. The lowest BCUT2D eigenvalue weighted by Gasteiger charge is -2.33. The minimum atomic E-state index is -0.317. The fourth-order valence-corrected chi connectivity index (χ4v) is 2.00. The van der Waals surface area contributed by atoms with E-state index in [9.17, 15) is 0 Å². The summed E-state index contributed by atoms with van der Waals surface area (Å²) in [6.45, 7) is 7.95. The number of aryl methyl sites for hydroxylation is 1. The van der Waals surface area contributed by atoms with Crippen molar-refractivity contribution in [3.8, 4) is 11.8 Å². The standard InChI is InChI=1S/C18H23N3O2/c1-14-6-4-5-7-15(14)8-9-16(21-19)10-20-11-17-22-12-18(2,3)13-23-17/h4-7,10,17H,11-13,19H2,1-3H3/b20-10?,21-16-. The highest BCUT2D eigenvalue weighted by atomic mass is 16.7. The van der Waals surface area contributed by atoms with Crippen LogP contribution in [0.15, 0.2) is 34.4 Å². The zero-order chi connectivity index (χ0) is 16.7. The SMILES string of the molecule is Cc1ccccc1C#C/C(C=NCC1OCC(C)(C)CO1)=N/N. The van der Waals surface area contributed by atoms with Gasteiger partial charge in [0.1, 0.15) is 0 Å². The van der Waals surface area contributed by atoms with Crippen molar-refractivity contribution in [1.82, 2.24) is 0 Å². The number of nitrogens with two attached hydrogens (primary N) is 1. The van der Waals surface area contributed by atoms with Gasteiger partial charge in [0, 0.05) is 11.0 Å². The highest BCUT2D eigenvalue weighted by molar-refractivity contribution is 6.38. The molecular weight excluding hydrogens is 290 g/mol. The average molecular weight is 313 g/mol. The van der Waals surface area contributed by atoms with Gasteiger partial charge in [0.15, 0.2) is 12.0 Å². The van der Waals surface area contributed by atoms with E-state index in [0.29, 0.717) is 25.5 Å². The van der Waals surface area contributed by atoms with Crippen LogP contribution in [0.2, 0.25) is 0 Å². The number of hydrogen-bond donors (Lipinski definition) is 1. The number of hydrazone groups is 1. The number of rotatable bonds is 3. The van der Waals surface area contributed by atoms with Gasteiger partial charge < -0.3 is 15.3 Å². The second-order valence-electron chi connectivity index (χ2n) is 6.29. The molecule has 1 aliphatic rings. The minimum absolute atomic E-state index is 0.0586. The fraction of sp³-hybridized carbons (Fsp3) is 0.444. The molecule has 0 aliphatic carbocycles. The highest BCUT2D eigenvalue weighted by Gasteiger charge is 2.27. The molecule has 1 fully saturated rings. The maximum absolute atomic E-state index is 5.61. The van der Waals surface area contributed by atoms with E-state index in [1.54, 1.807) is 6.21 Å². The molecular formula is C18H23N3O2. The van der Waals surface area contributed by atoms with Crippen LogP contribution in [0.4, 0.5) is 0 Å². The Kier molecular flexibility index (Phi) is 5.91. The van der Waals surface area contributed by atoms with Gasteiger partial charge in [0.25, 0.3) is 0 Å². The molecule has 0 amide bonds. The molecule has 0 atom stereocenters. The predicted molar refractivity (Wildman–Crippen MR) is 92.5 cm³/mol. The number of aliphatic imine (C=N–C) groups is 1. The lowest BCUT2D eigenvalue weighted by Crippen LogP contribution is -2.39. The van der Waals surface area contributed by atoms with Crippen LogP contribution in [0.3, 0.4) is 0 Å². The third-order valence-electron chi connectivity index (χ3n) is 3.40. The molecule has 0 spiro atoms. The second kappa shape index (κ2) is 7.91. The molecule has 1 aliphatic heterocycles. The molecule has 0 radical (unpaired) electrons. The third-order valence-corrected chi connectivity index (χ3v) is 3.40. The van der Waals surface area contributed by atoms with Crippen LogP contribution in [0.1, 0.15) is 25.0 Å². The molecule has 0 unspecified atom stereocenters. The molecule has 1 aromatic carbocycles. The zero-order valence-corrected chi connectivity index (χ0v) is 13.9. The van der Waals surface area contributed by atoms with Gasteiger partial charge in [-0.15, -0.1) is 0 Å². The van der Waals surface area contributed by atoms with Gasteiger partial charge >= 0.3 is 0 Å². The van der Waals surface area contributed by atoms with Gasteiger partial charge in [-0.1, -0.05) is 38.0 Å². The van der Waals surface area contributed by atoms with E-state index in [2.05, 4.69) is 35.8 Å². The zero-order valence-electron chi connectivity index (χ0n) is 13.9. The van der Waals surface area contributed by atoms with Crippen LogP contribution in [-0.2, 0) is 9.47 Å². The first-order valence-electron chi connectivity index (χ1n) is 7.59. The summed E-state index contributed by atoms with van der Waals surface area (Å²) in [6.07, 6.45) is 1.24. The van der Waals surface area contributed by atoms with E-state index in [1.165, 1.54) is 0 Å². The molecule has 2 N–H and O–H groups in total. The van der Waals surface area contributed by atoms with Crippen LogP contribution in [0, 0.1) is 24.2 Å². The van der Waals surface area contributed by atoms with E-state index in [-0.39, 0.29) is 11.7 Å². The van der Waals surface area contributed by atoms with Gasteiger partial charge in [-0.3, -0.25) is 4.99 Å². The van der Waals surface area contributed by atoms with Crippen LogP contribution in [-0.4, -0.2) is 38.0 Å². The number of benzene rings is 1. The molecule has 0 saturated carbocycles. The van der Waals surface area contributed by atoms with Gasteiger partial charge in [-0.25, -0.2) is 0 Å². The number of ether oxygens (including phenoxy) is 2. The Bertz CT molecular complexity index is 644. The lowest BCUT2D eigenvalue weighted by atomic mass is 9.96. The highest BCUT2D eigenvalue weighted by Crippen LogP contribution is 2.22. The summed E-state index contributed by atoms with van der Waals surface area (Å²) in [4.78, 5) is 4.26. The van der Waals surface area contributed by atoms with Gasteiger partial charge in [-0.2, -0.15) is 5.10 Å². The Morgan fingerprint density at radius 1 is 1.35 bits per heavy atom. The van der Waals surface area contributed by atoms with Gasteiger partial charge in [0.2, 0.25) is 0 Å². The fourth-order valence-electron chi connectivity index (χ4n) is 2.00. The monoisotopic (exact) mass is 313 g/mol.